The van der Waals surface area contributed by atoms with Gasteiger partial charge < -0.3 is 10.2 Å². The van der Waals surface area contributed by atoms with Crippen LogP contribution in [0.5, 0.6) is 0 Å². The molecule has 2 heterocycles. The molecule has 0 bridgehead atoms. The highest BCUT2D eigenvalue weighted by molar-refractivity contribution is 5.71. The Balaban J connectivity index is 2.25. The molecule has 0 atom stereocenters. The van der Waals surface area contributed by atoms with E-state index in [1.165, 1.54) is 0 Å². The fourth-order valence-corrected chi connectivity index (χ4v) is 1.45. The van der Waals surface area contributed by atoms with Crippen molar-refractivity contribution in [1.29, 1.82) is 0 Å². The fraction of sp³-hybridized carbons (Fsp3) is 0.364. The Hall–Kier alpha value is -1.75. The summed E-state index contributed by atoms with van der Waals surface area (Å²) in [5.41, 5.74) is 1.52. The van der Waals surface area contributed by atoms with Crippen molar-refractivity contribution in [2.24, 2.45) is 0 Å². The van der Waals surface area contributed by atoms with Gasteiger partial charge in [0.25, 0.3) is 0 Å². The highest BCUT2D eigenvalue weighted by Gasteiger charge is 2.03. The smallest absolute Gasteiger partial charge is 0.180 e. The van der Waals surface area contributed by atoms with Crippen molar-refractivity contribution in [1.82, 2.24) is 20.3 Å². The first-order chi connectivity index (χ1) is 7.81. The Kier molecular flexibility index (Phi) is 3.26. The number of nitrogens with zero attached hydrogens (tertiary/aromatic N) is 4. The van der Waals surface area contributed by atoms with Crippen molar-refractivity contribution in [2.45, 2.75) is 0 Å². The molecule has 16 heavy (non-hydrogen) atoms. The standard InChI is InChI=1S/C11H15N5/c1-12-7-8-16(2)10-4-3-9-11(15-10)14-6-5-13-9/h3-6,12H,7-8H2,1-2H3. The monoisotopic (exact) mass is 217 g/mol. The first kappa shape index (κ1) is 10.8. The van der Waals surface area contributed by atoms with E-state index in [-0.39, 0.29) is 0 Å². The first-order valence-corrected chi connectivity index (χ1v) is 5.25. The molecule has 0 fully saturated rings. The molecular weight excluding hydrogens is 202 g/mol. The zero-order valence-corrected chi connectivity index (χ0v) is 9.51. The Morgan fingerprint density at radius 1 is 1.25 bits per heavy atom. The van der Waals surface area contributed by atoms with Crippen LogP contribution in [0.4, 0.5) is 5.82 Å². The van der Waals surface area contributed by atoms with Crippen molar-refractivity contribution in [3.05, 3.63) is 24.5 Å². The Morgan fingerprint density at radius 3 is 2.88 bits per heavy atom. The largest absolute Gasteiger partial charge is 0.358 e. The molecule has 5 nitrogen and oxygen atoms in total. The Bertz CT molecular complexity index is 471. The van der Waals surface area contributed by atoms with E-state index in [0.717, 1.165) is 24.4 Å². The van der Waals surface area contributed by atoms with Gasteiger partial charge in [-0.15, -0.1) is 0 Å². The van der Waals surface area contributed by atoms with Crippen molar-refractivity contribution in [2.75, 3.05) is 32.1 Å². The minimum Gasteiger partial charge on any atom is -0.358 e. The molecule has 0 aromatic carbocycles. The number of rotatable bonds is 4. The second kappa shape index (κ2) is 4.85. The van der Waals surface area contributed by atoms with E-state index >= 15 is 0 Å². The predicted molar refractivity (Wildman–Crippen MR) is 64.5 cm³/mol. The topological polar surface area (TPSA) is 53.9 Å². The summed E-state index contributed by atoms with van der Waals surface area (Å²) in [4.78, 5) is 14.9. The minimum absolute atomic E-state index is 0.691. The van der Waals surface area contributed by atoms with E-state index in [2.05, 4.69) is 25.2 Å². The second-order valence-electron chi connectivity index (χ2n) is 3.59. The van der Waals surface area contributed by atoms with Crippen LogP contribution in [0.25, 0.3) is 11.2 Å². The zero-order chi connectivity index (χ0) is 11.4. The highest BCUT2D eigenvalue weighted by Crippen LogP contribution is 2.12. The summed E-state index contributed by atoms with van der Waals surface area (Å²) in [6, 6.07) is 3.91. The van der Waals surface area contributed by atoms with Crippen LogP contribution in [-0.2, 0) is 0 Å². The first-order valence-electron chi connectivity index (χ1n) is 5.25. The molecule has 0 amide bonds. The van der Waals surface area contributed by atoms with Gasteiger partial charge >= 0.3 is 0 Å². The third-order valence-electron chi connectivity index (χ3n) is 2.41. The number of pyridine rings is 1. The number of nitrogens with one attached hydrogen (secondary N) is 1. The number of fused-ring (bicyclic) bond motifs is 1. The van der Waals surface area contributed by atoms with E-state index in [0.29, 0.717) is 5.65 Å². The lowest BCUT2D eigenvalue weighted by atomic mass is 10.4. The van der Waals surface area contributed by atoms with Gasteiger partial charge in [0.1, 0.15) is 11.3 Å². The third kappa shape index (κ3) is 2.25. The number of aromatic nitrogens is 3. The lowest BCUT2D eigenvalue weighted by Crippen LogP contribution is -2.27. The van der Waals surface area contributed by atoms with Gasteiger partial charge in [0, 0.05) is 32.5 Å². The van der Waals surface area contributed by atoms with Gasteiger partial charge in [-0.05, 0) is 19.2 Å². The summed E-state index contributed by atoms with van der Waals surface area (Å²) in [5, 5.41) is 3.11. The van der Waals surface area contributed by atoms with E-state index < -0.39 is 0 Å². The molecule has 0 spiro atoms. The van der Waals surface area contributed by atoms with Crippen LogP contribution in [0.2, 0.25) is 0 Å². The molecule has 5 heteroatoms. The normalized spacial score (nSPS) is 10.6. The molecular formula is C11H15N5. The van der Waals surface area contributed by atoms with Gasteiger partial charge in [0.05, 0.1) is 0 Å². The summed E-state index contributed by atoms with van der Waals surface area (Å²) < 4.78 is 0. The average Bonchev–Trinajstić information content (AvgIpc) is 2.35. The van der Waals surface area contributed by atoms with E-state index in [1.807, 2.05) is 26.2 Å². The molecule has 84 valence electrons. The van der Waals surface area contributed by atoms with E-state index in [1.54, 1.807) is 12.4 Å². The van der Waals surface area contributed by atoms with Crippen LogP contribution in [0.1, 0.15) is 0 Å². The highest BCUT2D eigenvalue weighted by atomic mass is 15.2. The molecule has 0 aliphatic rings. The van der Waals surface area contributed by atoms with Crippen molar-refractivity contribution in [3.8, 4) is 0 Å². The number of hydrogen-bond acceptors (Lipinski definition) is 5. The van der Waals surface area contributed by atoms with Gasteiger partial charge in [-0.3, -0.25) is 4.98 Å². The molecule has 2 aromatic heterocycles. The van der Waals surface area contributed by atoms with Crippen molar-refractivity contribution >= 4 is 17.0 Å². The molecule has 2 aromatic rings. The molecule has 1 N–H and O–H groups in total. The lowest BCUT2D eigenvalue weighted by Gasteiger charge is -2.17. The molecule has 0 unspecified atom stereocenters. The summed E-state index contributed by atoms with van der Waals surface area (Å²) in [6.07, 6.45) is 3.33. The quantitative estimate of drug-likeness (QED) is 0.816. The Labute approximate surface area is 94.5 Å². The maximum absolute atomic E-state index is 4.45. The molecule has 0 saturated carbocycles. The van der Waals surface area contributed by atoms with Gasteiger partial charge in [-0.1, -0.05) is 0 Å². The predicted octanol–water partition coefficient (Wildman–Crippen LogP) is 0.680. The van der Waals surface area contributed by atoms with Crippen LogP contribution in [0, 0.1) is 0 Å². The Morgan fingerprint density at radius 2 is 2.06 bits per heavy atom. The van der Waals surface area contributed by atoms with Crippen LogP contribution in [0.3, 0.4) is 0 Å². The van der Waals surface area contributed by atoms with Crippen LogP contribution in [-0.4, -0.2) is 42.1 Å². The van der Waals surface area contributed by atoms with Crippen LogP contribution < -0.4 is 10.2 Å². The van der Waals surface area contributed by atoms with Gasteiger partial charge in [-0.2, -0.15) is 0 Å². The maximum Gasteiger partial charge on any atom is 0.180 e. The number of anilines is 1. The van der Waals surface area contributed by atoms with Crippen LogP contribution in [0.15, 0.2) is 24.5 Å². The number of likely N-dealkylation sites (N-methyl/N-ethyl adjacent to an activating group) is 2. The van der Waals surface area contributed by atoms with E-state index in [9.17, 15) is 0 Å². The fourth-order valence-electron chi connectivity index (χ4n) is 1.45. The van der Waals surface area contributed by atoms with Gasteiger partial charge in [0.15, 0.2) is 5.65 Å². The molecule has 0 saturated heterocycles. The average molecular weight is 217 g/mol. The third-order valence-corrected chi connectivity index (χ3v) is 2.41. The van der Waals surface area contributed by atoms with E-state index in [4.69, 9.17) is 0 Å². The van der Waals surface area contributed by atoms with Gasteiger partial charge in [-0.25, -0.2) is 9.97 Å². The van der Waals surface area contributed by atoms with Crippen molar-refractivity contribution < 1.29 is 0 Å². The van der Waals surface area contributed by atoms with Crippen LogP contribution >= 0.6 is 0 Å². The van der Waals surface area contributed by atoms with Crippen molar-refractivity contribution in [3.63, 3.8) is 0 Å². The summed E-state index contributed by atoms with van der Waals surface area (Å²) >= 11 is 0. The SMILES string of the molecule is CNCCN(C)c1ccc2nccnc2n1. The molecule has 2 rings (SSSR count). The molecule has 0 radical (unpaired) electrons. The summed E-state index contributed by atoms with van der Waals surface area (Å²) in [7, 11) is 3.95. The molecule has 0 aliphatic heterocycles. The molecule has 0 aliphatic carbocycles. The zero-order valence-electron chi connectivity index (χ0n) is 9.51. The maximum atomic E-state index is 4.45. The van der Waals surface area contributed by atoms with Gasteiger partial charge in [0.2, 0.25) is 0 Å². The number of hydrogen-bond donors (Lipinski definition) is 1. The summed E-state index contributed by atoms with van der Waals surface area (Å²) in [6.45, 7) is 1.84. The minimum atomic E-state index is 0.691. The second-order valence-corrected chi connectivity index (χ2v) is 3.59. The summed E-state index contributed by atoms with van der Waals surface area (Å²) in [5.74, 6) is 0.920. The lowest BCUT2D eigenvalue weighted by molar-refractivity contribution is 0.762.